The predicted molar refractivity (Wildman–Crippen MR) is 62.5 cm³/mol. The van der Waals surface area contributed by atoms with Crippen LogP contribution in [0.5, 0.6) is 0 Å². The summed E-state index contributed by atoms with van der Waals surface area (Å²) in [7, 11) is 0. The van der Waals surface area contributed by atoms with Crippen LogP contribution in [0.1, 0.15) is 25.7 Å². The molecule has 0 unspecified atom stereocenters. The van der Waals surface area contributed by atoms with Gasteiger partial charge in [0.05, 0.1) is 6.42 Å². The van der Waals surface area contributed by atoms with Gasteiger partial charge in [-0.3, -0.25) is 4.79 Å². The molecule has 0 spiro atoms. The molecule has 2 aliphatic rings. The highest BCUT2D eigenvalue weighted by Gasteiger charge is 2.27. The van der Waals surface area contributed by atoms with Crippen LogP contribution in [0.3, 0.4) is 0 Å². The normalized spacial score (nSPS) is 23.5. The standard InChI is InChI=1S/C12H22N2O2/c15-12(16)8-11-9-14(10-11)7-3-6-13-4-1-2-5-13/h11H,1-10H2,(H,15,16). The van der Waals surface area contributed by atoms with Crippen molar-refractivity contribution in [3.63, 3.8) is 0 Å². The Morgan fingerprint density at radius 3 is 2.38 bits per heavy atom. The van der Waals surface area contributed by atoms with E-state index < -0.39 is 5.97 Å². The van der Waals surface area contributed by atoms with Crippen molar-refractivity contribution in [1.82, 2.24) is 9.80 Å². The molecule has 4 nitrogen and oxygen atoms in total. The molecule has 4 heteroatoms. The molecule has 16 heavy (non-hydrogen) atoms. The van der Waals surface area contributed by atoms with E-state index in [9.17, 15) is 4.79 Å². The quantitative estimate of drug-likeness (QED) is 0.730. The van der Waals surface area contributed by atoms with Crippen molar-refractivity contribution in [3.05, 3.63) is 0 Å². The summed E-state index contributed by atoms with van der Waals surface area (Å²) < 4.78 is 0. The molecule has 0 amide bonds. The molecular weight excluding hydrogens is 204 g/mol. The van der Waals surface area contributed by atoms with E-state index in [0.29, 0.717) is 12.3 Å². The third kappa shape index (κ3) is 3.46. The van der Waals surface area contributed by atoms with Crippen LogP contribution in [-0.4, -0.2) is 60.1 Å². The SMILES string of the molecule is O=C(O)CC1CN(CCCN2CCCC2)C1. The van der Waals surface area contributed by atoms with Crippen molar-refractivity contribution in [1.29, 1.82) is 0 Å². The van der Waals surface area contributed by atoms with E-state index >= 15 is 0 Å². The molecule has 0 saturated carbocycles. The number of carboxylic acid groups (broad SMARTS) is 1. The summed E-state index contributed by atoms with van der Waals surface area (Å²) in [5.41, 5.74) is 0. The Hall–Kier alpha value is -0.610. The predicted octanol–water partition coefficient (Wildman–Crippen LogP) is 0.879. The average Bonchev–Trinajstić information content (AvgIpc) is 2.65. The van der Waals surface area contributed by atoms with Crippen molar-refractivity contribution < 1.29 is 9.90 Å². The Bertz CT molecular complexity index is 233. The zero-order chi connectivity index (χ0) is 11.4. The lowest BCUT2D eigenvalue weighted by Crippen LogP contribution is -2.48. The number of hydrogen-bond acceptors (Lipinski definition) is 3. The van der Waals surface area contributed by atoms with E-state index in [4.69, 9.17) is 5.11 Å². The fourth-order valence-electron chi connectivity index (χ4n) is 2.76. The fourth-order valence-corrected chi connectivity index (χ4v) is 2.76. The first-order chi connectivity index (χ1) is 7.74. The van der Waals surface area contributed by atoms with Gasteiger partial charge in [-0.1, -0.05) is 0 Å². The number of carbonyl (C=O) groups is 1. The minimum atomic E-state index is -0.651. The lowest BCUT2D eigenvalue weighted by Gasteiger charge is -2.38. The Labute approximate surface area is 97.2 Å². The number of carboxylic acids is 1. The second kappa shape index (κ2) is 5.64. The van der Waals surface area contributed by atoms with Gasteiger partial charge in [-0.25, -0.2) is 0 Å². The van der Waals surface area contributed by atoms with Gasteiger partial charge in [0.2, 0.25) is 0 Å². The zero-order valence-electron chi connectivity index (χ0n) is 9.90. The summed E-state index contributed by atoms with van der Waals surface area (Å²) in [6, 6.07) is 0. The van der Waals surface area contributed by atoms with Crippen LogP contribution in [-0.2, 0) is 4.79 Å². The Kier molecular flexibility index (Phi) is 4.18. The molecule has 2 aliphatic heterocycles. The highest BCUT2D eigenvalue weighted by Crippen LogP contribution is 2.19. The third-order valence-electron chi connectivity index (χ3n) is 3.64. The largest absolute Gasteiger partial charge is 0.481 e. The molecule has 0 aromatic carbocycles. The summed E-state index contributed by atoms with van der Waals surface area (Å²) in [4.78, 5) is 15.4. The first kappa shape index (κ1) is 11.9. The molecule has 2 fully saturated rings. The number of aliphatic carboxylic acids is 1. The monoisotopic (exact) mass is 226 g/mol. The first-order valence-corrected chi connectivity index (χ1v) is 6.40. The van der Waals surface area contributed by atoms with E-state index in [0.717, 1.165) is 19.6 Å². The maximum absolute atomic E-state index is 10.5. The maximum atomic E-state index is 10.5. The van der Waals surface area contributed by atoms with Crippen molar-refractivity contribution in [2.75, 3.05) is 39.3 Å². The molecule has 0 atom stereocenters. The minimum absolute atomic E-state index is 0.350. The smallest absolute Gasteiger partial charge is 0.303 e. The molecule has 0 aromatic heterocycles. The van der Waals surface area contributed by atoms with E-state index in [1.165, 1.54) is 38.9 Å². The van der Waals surface area contributed by atoms with Crippen LogP contribution in [0.15, 0.2) is 0 Å². The van der Waals surface area contributed by atoms with Crippen LogP contribution in [0.4, 0.5) is 0 Å². The van der Waals surface area contributed by atoms with E-state index in [1.54, 1.807) is 0 Å². The first-order valence-electron chi connectivity index (χ1n) is 6.40. The minimum Gasteiger partial charge on any atom is -0.481 e. The molecule has 92 valence electrons. The van der Waals surface area contributed by atoms with Crippen molar-refractivity contribution in [2.45, 2.75) is 25.7 Å². The average molecular weight is 226 g/mol. The Balaban J connectivity index is 1.48. The maximum Gasteiger partial charge on any atom is 0.303 e. The molecule has 2 rings (SSSR count). The number of nitrogens with zero attached hydrogens (tertiary/aromatic N) is 2. The van der Waals surface area contributed by atoms with Crippen molar-refractivity contribution in [2.24, 2.45) is 5.92 Å². The van der Waals surface area contributed by atoms with Crippen LogP contribution < -0.4 is 0 Å². The van der Waals surface area contributed by atoms with Crippen LogP contribution >= 0.6 is 0 Å². The van der Waals surface area contributed by atoms with Crippen LogP contribution in [0.25, 0.3) is 0 Å². The van der Waals surface area contributed by atoms with Gasteiger partial charge < -0.3 is 14.9 Å². The molecule has 2 heterocycles. The second-order valence-electron chi connectivity index (χ2n) is 5.13. The van der Waals surface area contributed by atoms with Gasteiger partial charge in [0.25, 0.3) is 0 Å². The molecule has 0 bridgehead atoms. The van der Waals surface area contributed by atoms with Crippen molar-refractivity contribution >= 4 is 5.97 Å². The third-order valence-corrected chi connectivity index (χ3v) is 3.64. The van der Waals surface area contributed by atoms with Gasteiger partial charge in [-0.05, 0) is 51.4 Å². The Morgan fingerprint density at radius 1 is 1.12 bits per heavy atom. The molecule has 0 radical (unpaired) electrons. The summed E-state index contributed by atoms with van der Waals surface area (Å²) >= 11 is 0. The lowest BCUT2D eigenvalue weighted by atomic mass is 9.96. The topological polar surface area (TPSA) is 43.8 Å². The molecule has 1 N–H and O–H groups in total. The summed E-state index contributed by atoms with van der Waals surface area (Å²) in [5.74, 6) is -0.244. The number of likely N-dealkylation sites (tertiary alicyclic amines) is 2. The molecule has 0 aromatic rings. The molecular formula is C12H22N2O2. The van der Waals surface area contributed by atoms with E-state index in [1.807, 2.05) is 0 Å². The number of hydrogen-bond donors (Lipinski definition) is 1. The van der Waals surface area contributed by atoms with Gasteiger partial charge in [0.1, 0.15) is 0 Å². The highest BCUT2D eigenvalue weighted by molar-refractivity contribution is 5.67. The fraction of sp³-hybridized carbons (Fsp3) is 0.917. The summed E-state index contributed by atoms with van der Waals surface area (Å²) in [5, 5.41) is 8.63. The van der Waals surface area contributed by atoms with Gasteiger partial charge in [-0.2, -0.15) is 0 Å². The van der Waals surface area contributed by atoms with Gasteiger partial charge >= 0.3 is 5.97 Å². The zero-order valence-corrected chi connectivity index (χ0v) is 9.90. The molecule has 2 saturated heterocycles. The summed E-state index contributed by atoms with van der Waals surface area (Å²) in [6.07, 6.45) is 4.32. The molecule has 0 aliphatic carbocycles. The highest BCUT2D eigenvalue weighted by atomic mass is 16.4. The summed E-state index contributed by atoms with van der Waals surface area (Å²) in [6.45, 7) is 6.91. The number of rotatable bonds is 6. The van der Waals surface area contributed by atoms with Crippen LogP contribution in [0, 0.1) is 5.92 Å². The van der Waals surface area contributed by atoms with Gasteiger partial charge in [0, 0.05) is 13.1 Å². The van der Waals surface area contributed by atoms with Crippen molar-refractivity contribution in [3.8, 4) is 0 Å². The van der Waals surface area contributed by atoms with E-state index in [2.05, 4.69) is 9.80 Å². The van der Waals surface area contributed by atoms with E-state index in [-0.39, 0.29) is 0 Å². The second-order valence-corrected chi connectivity index (χ2v) is 5.13. The van der Waals surface area contributed by atoms with Crippen LogP contribution in [0.2, 0.25) is 0 Å². The Morgan fingerprint density at radius 2 is 1.75 bits per heavy atom. The lowest BCUT2D eigenvalue weighted by molar-refractivity contribution is -0.139. The van der Waals surface area contributed by atoms with Gasteiger partial charge in [0.15, 0.2) is 0 Å². The van der Waals surface area contributed by atoms with Gasteiger partial charge in [-0.15, -0.1) is 0 Å².